The van der Waals surface area contributed by atoms with Gasteiger partial charge in [0.05, 0.1) is 18.4 Å². The summed E-state index contributed by atoms with van der Waals surface area (Å²) in [4.78, 5) is 24.4. The van der Waals surface area contributed by atoms with Crippen molar-refractivity contribution in [3.8, 4) is 0 Å². The van der Waals surface area contributed by atoms with Crippen LogP contribution in [0.15, 0.2) is 58.0 Å². The summed E-state index contributed by atoms with van der Waals surface area (Å²) in [6, 6.07) is 12.1. The van der Waals surface area contributed by atoms with Crippen molar-refractivity contribution in [3.05, 3.63) is 81.3 Å². The van der Waals surface area contributed by atoms with E-state index in [0.29, 0.717) is 10.7 Å². The Morgan fingerprint density at radius 3 is 2.55 bits per heavy atom. The zero-order chi connectivity index (χ0) is 22.4. The molecule has 0 aliphatic carbocycles. The first-order chi connectivity index (χ1) is 14.9. The van der Waals surface area contributed by atoms with Crippen LogP contribution in [0.1, 0.15) is 33.4 Å². The summed E-state index contributed by atoms with van der Waals surface area (Å²) in [5, 5.41) is 7.12. The molecule has 10 heteroatoms. The third-order valence-electron chi connectivity index (χ3n) is 3.92. The molecule has 0 aliphatic heterocycles. The van der Waals surface area contributed by atoms with E-state index < -0.39 is 17.7 Å². The molecule has 160 valence electrons. The Hall–Kier alpha value is -3.36. The summed E-state index contributed by atoms with van der Waals surface area (Å²) in [6.45, 7) is 1.78. The van der Waals surface area contributed by atoms with Crippen LogP contribution in [0.25, 0.3) is 0 Å². The highest BCUT2D eigenvalue weighted by Gasteiger charge is 2.25. The number of amides is 1. The lowest BCUT2D eigenvalue weighted by Crippen LogP contribution is -2.18. The van der Waals surface area contributed by atoms with Crippen LogP contribution < -0.4 is 10.7 Å². The number of anilines is 2. The topological polar surface area (TPSA) is 92.9 Å². The van der Waals surface area contributed by atoms with Gasteiger partial charge in [-0.25, -0.2) is 14.6 Å². The Morgan fingerprint density at radius 1 is 1.16 bits per heavy atom. The van der Waals surface area contributed by atoms with Crippen LogP contribution in [0.4, 0.5) is 16.0 Å². The van der Waals surface area contributed by atoms with Gasteiger partial charge in [-0.15, -0.1) is 0 Å². The fraction of sp³-hybridized carbons (Fsp3) is 0.0952. The van der Waals surface area contributed by atoms with Crippen LogP contribution in [0.2, 0.25) is 10.0 Å². The molecule has 0 saturated heterocycles. The van der Waals surface area contributed by atoms with Gasteiger partial charge >= 0.3 is 5.97 Å². The number of rotatable bonds is 7. The first-order valence-corrected chi connectivity index (χ1v) is 9.76. The molecular formula is C21H16Cl2FN3O4. The monoisotopic (exact) mass is 463 g/mol. The van der Waals surface area contributed by atoms with Gasteiger partial charge in [-0.1, -0.05) is 35.3 Å². The summed E-state index contributed by atoms with van der Waals surface area (Å²) in [5.41, 5.74) is 2.54. The van der Waals surface area contributed by atoms with Gasteiger partial charge in [-0.05, 0) is 43.3 Å². The largest absolute Gasteiger partial charge is 0.462 e. The number of ether oxygens (including phenoxy) is 1. The SMILES string of the molecule is CCOC(=O)c1c(Nc2ccc(Cl)cc2)oc(/C=N\NC(=O)c2ccccc2F)c1Cl. The molecule has 0 atom stereocenters. The summed E-state index contributed by atoms with van der Waals surface area (Å²) in [5.74, 6) is -2.15. The standard InChI is InChI=1S/C21H16Cl2FN3O4/c1-2-30-21(29)17-18(23)16(31-20(17)26-13-9-7-12(22)8-10-13)11-25-27-19(28)14-5-3-4-6-15(14)24/h3-11,26H,2H2,1H3,(H,27,28)/b25-11-. The normalized spacial score (nSPS) is 10.8. The van der Waals surface area contributed by atoms with Crippen molar-refractivity contribution in [2.24, 2.45) is 5.10 Å². The van der Waals surface area contributed by atoms with Gasteiger partial charge in [-0.3, -0.25) is 4.79 Å². The number of esters is 1. The maximum atomic E-state index is 13.7. The predicted molar refractivity (Wildman–Crippen MR) is 116 cm³/mol. The second-order valence-electron chi connectivity index (χ2n) is 6.02. The number of furan rings is 1. The van der Waals surface area contributed by atoms with Crippen LogP contribution in [-0.2, 0) is 4.74 Å². The number of halogens is 3. The van der Waals surface area contributed by atoms with E-state index in [4.69, 9.17) is 32.4 Å². The molecule has 2 aromatic carbocycles. The third-order valence-corrected chi connectivity index (χ3v) is 4.55. The Balaban J connectivity index is 1.85. The van der Waals surface area contributed by atoms with Crippen molar-refractivity contribution in [2.75, 3.05) is 11.9 Å². The molecular weight excluding hydrogens is 448 g/mol. The van der Waals surface area contributed by atoms with Crippen LogP contribution in [-0.4, -0.2) is 24.7 Å². The third kappa shape index (κ3) is 5.42. The maximum Gasteiger partial charge on any atom is 0.345 e. The van der Waals surface area contributed by atoms with Crippen molar-refractivity contribution in [2.45, 2.75) is 6.92 Å². The molecule has 3 aromatic rings. The summed E-state index contributed by atoms with van der Waals surface area (Å²) in [6.07, 6.45) is 1.09. The molecule has 0 unspecified atom stereocenters. The number of carbonyl (C=O) groups excluding carboxylic acids is 2. The number of nitrogens with zero attached hydrogens (tertiary/aromatic N) is 1. The van der Waals surface area contributed by atoms with Crippen molar-refractivity contribution >= 4 is 52.9 Å². The van der Waals surface area contributed by atoms with E-state index in [1.165, 1.54) is 18.2 Å². The Bertz CT molecular complexity index is 1130. The molecule has 1 aromatic heterocycles. The molecule has 1 heterocycles. The first-order valence-electron chi connectivity index (χ1n) is 9.00. The van der Waals surface area contributed by atoms with Gasteiger partial charge in [-0.2, -0.15) is 5.10 Å². The van der Waals surface area contributed by atoms with Gasteiger partial charge in [0.25, 0.3) is 5.91 Å². The van der Waals surface area contributed by atoms with Gasteiger partial charge in [0, 0.05) is 10.7 Å². The summed E-state index contributed by atoms with van der Waals surface area (Å²) < 4.78 is 24.3. The van der Waals surface area contributed by atoms with Crippen LogP contribution in [0.3, 0.4) is 0 Å². The van der Waals surface area contributed by atoms with E-state index in [-0.39, 0.29) is 34.4 Å². The van der Waals surface area contributed by atoms with E-state index in [2.05, 4.69) is 15.8 Å². The molecule has 0 aliphatic rings. The van der Waals surface area contributed by atoms with E-state index in [1.807, 2.05) is 0 Å². The minimum atomic E-state index is -0.762. The average molecular weight is 464 g/mol. The average Bonchev–Trinajstić information content (AvgIpc) is 3.05. The molecule has 1 amide bonds. The maximum absolute atomic E-state index is 13.7. The number of nitrogens with one attached hydrogen (secondary N) is 2. The predicted octanol–water partition coefficient (Wildman–Crippen LogP) is 5.41. The molecule has 0 radical (unpaired) electrons. The Morgan fingerprint density at radius 2 is 1.87 bits per heavy atom. The van der Waals surface area contributed by atoms with Crippen molar-refractivity contribution in [1.29, 1.82) is 0 Å². The molecule has 7 nitrogen and oxygen atoms in total. The van der Waals surface area contributed by atoms with E-state index in [9.17, 15) is 14.0 Å². The summed E-state index contributed by atoms with van der Waals surface area (Å²) >= 11 is 12.2. The van der Waals surface area contributed by atoms with Crippen LogP contribution in [0.5, 0.6) is 0 Å². The number of benzene rings is 2. The second kappa shape index (κ2) is 10.1. The zero-order valence-corrected chi connectivity index (χ0v) is 17.6. The van der Waals surface area contributed by atoms with Crippen molar-refractivity contribution in [3.63, 3.8) is 0 Å². The fourth-order valence-corrected chi connectivity index (χ4v) is 2.88. The lowest BCUT2D eigenvalue weighted by molar-refractivity contribution is 0.0527. The van der Waals surface area contributed by atoms with Crippen molar-refractivity contribution in [1.82, 2.24) is 5.43 Å². The fourth-order valence-electron chi connectivity index (χ4n) is 2.50. The highest BCUT2D eigenvalue weighted by Crippen LogP contribution is 2.34. The molecule has 0 fully saturated rings. The van der Waals surface area contributed by atoms with E-state index >= 15 is 0 Å². The summed E-state index contributed by atoms with van der Waals surface area (Å²) in [7, 11) is 0. The van der Waals surface area contributed by atoms with Gasteiger partial charge in [0.2, 0.25) is 5.88 Å². The molecule has 0 spiro atoms. The van der Waals surface area contributed by atoms with E-state index in [0.717, 1.165) is 12.3 Å². The highest BCUT2D eigenvalue weighted by atomic mass is 35.5. The second-order valence-corrected chi connectivity index (χ2v) is 6.83. The molecule has 0 saturated carbocycles. The lowest BCUT2D eigenvalue weighted by Gasteiger charge is -2.06. The Labute approximate surface area is 186 Å². The highest BCUT2D eigenvalue weighted by molar-refractivity contribution is 6.36. The quantitative estimate of drug-likeness (QED) is 0.277. The molecule has 3 rings (SSSR count). The number of hydrazone groups is 1. The Kier molecular flexibility index (Phi) is 7.28. The smallest absolute Gasteiger partial charge is 0.345 e. The molecule has 31 heavy (non-hydrogen) atoms. The lowest BCUT2D eigenvalue weighted by atomic mass is 10.2. The van der Waals surface area contributed by atoms with E-state index in [1.54, 1.807) is 31.2 Å². The number of hydrogen-bond donors (Lipinski definition) is 2. The molecule has 2 N–H and O–H groups in total. The number of carbonyl (C=O) groups is 2. The minimum absolute atomic E-state index is 0.0185. The minimum Gasteiger partial charge on any atom is -0.462 e. The van der Waals surface area contributed by atoms with Gasteiger partial charge in [0.1, 0.15) is 16.4 Å². The zero-order valence-electron chi connectivity index (χ0n) is 16.1. The number of hydrogen-bond acceptors (Lipinski definition) is 6. The van der Waals surface area contributed by atoms with Gasteiger partial charge < -0.3 is 14.5 Å². The van der Waals surface area contributed by atoms with Crippen molar-refractivity contribution < 1.29 is 23.1 Å². The molecule has 0 bridgehead atoms. The van der Waals surface area contributed by atoms with Crippen LogP contribution >= 0.6 is 23.2 Å². The first kappa shape index (κ1) is 22.3. The van der Waals surface area contributed by atoms with Crippen LogP contribution in [0, 0.1) is 5.82 Å². The van der Waals surface area contributed by atoms with Gasteiger partial charge in [0.15, 0.2) is 5.76 Å².